The molecule has 0 saturated heterocycles. The highest BCUT2D eigenvalue weighted by Gasteiger charge is 2.23. The van der Waals surface area contributed by atoms with Gasteiger partial charge in [-0.05, 0) is 66.8 Å². The fourth-order valence-corrected chi connectivity index (χ4v) is 4.45. The number of methoxy groups -OCH3 is 3. The molecule has 0 spiro atoms. The molecule has 4 aromatic rings. The second-order valence-corrected chi connectivity index (χ2v) is 8.87. The van der Waals surface area contributed by atoms with E-state index in [-0.39, 0.29) is 30.4 Å². The van der Waals surface area contributed by atoms with Crippen LogP contribution in [0, 0.1) is 19.7 Å². The maximum Gasteiger partial charge on any atom is 0.254 e. The molecule has 192 valence electrons. The number of carbonyl (C=O) groups is 1. The van der Waals surface area contributed by atoms with Gasteiger partial charge in [-0.1, -0.05) is 23.8 Å². The van der Waals surface area contributed by atoms with Gasteiger partial charge in [-0.2, -0.15) is 0 Å². The average molecular weight is 505 g/mol. The minimum atomic E-state index is -0.372. The van der Waals surface area contributed by atoms with Crippen LogP contribution in [0.1, 0.15) is 32.6 Å². The lowest BCUT2D eigenvalue weighted by molar-refractivity contribution is 0.0728. The molecule has 0 saturated carbocycles. The number of ether oxygens (including phenoxy) is 3. The number of rotatable bonds is 8. The average Bonchev–Trinajstić information content (AvgIpc) is 2.89. The fraction of sp³-hybridized carbons (Fsp3) is 0.241. The quantitative estimate of drug-likeness (QED) is 0.359. The van der Waals surface area contributed by atoms with Crippen molar-refractivity contribution in [3.8, 4) is 17.2 Å². The zero-order chi connectivity index (χ0) is 26.7. The first-order valence-corrected chi connectivity index (χ1v) is 11.7. The first kappa shape index (κ1) is 25.8. The Morgan fingerprint density at radius 1 is 0.892 bits per heavy atom. The third-order valence-electron chi connectivity index (χ3n) is 6.22. The summed E-state index contributed by atoms with van der Waals surface area (Å²) in [5, 5.41) is 0.883. The van der Waals surface area contributed by atoms with Crippen LogP contribution in [0.15, 0.2) is 59.4 Å². The normalized spacial score (nSPS) is 10.9. The summed E-state index contributed by atoms with van der Waals surface area (Å²) in [5.74, 6) is 0.303. The van der Waals surface area contributed by atoms with Crippen molar-refractivity contribution in [2.45, 2.75) is 26.9 Å². The number of halogens is 1. The molecule has 0 bridgehead atoms. The smallest absolute Gasteiger partial charge is 0.254 e. The molecule has 1 aromatic heterocycles. The molecule has 1 amide bonds. The van der Waals surface area contributed by atoms with Crippen molar-refractivity contribution >= 4 is 16.8 Å². The van der Waals surface area contributed by atoms with Crippen LogP contribution in [-0.4, -0.2) is 37.1 Å². The van der Waals surface area contributed by atoms with E-state index in [4.69, 9.17) is 14.2 Å². The second kappa shape index (κ2) is 10.7. The van der Waals surface area contributed by atoms with Crippen molar-refractivity contribution in [1.29, 1.82) is 0 Å². The highest BCUT2D eigenvalue weighted by Crippen LogP contribution is 2.38. The Labute approximate surface area is 214 Å². The van der Waals surface area contributed by atoms with E-state index in [0.29, 0.717) is 33.9 Å². The van der Waals surface area contributed by atoms with Gasteiger partial charge < -0.3 is 24.1 Å². The number of aryl methyl sites for hydroxylation is 2. The van der Waals surface area contributed by atoms with E-state index in [1.807, 2.05) is 32.0 Å². The number of H-pyrrole nitrogens is 1. The molecule has 0 aliphatic carbocycles. The van der Waals surface area contributed by atoms with Crippen LogP contribution in [-0.2, 0) is 13.1 Å². The van der Waals surface area contributed by atoms with Gasteiger partial charge in [0, 0.05) is 17.7 Å². The van der Waals surface area contributed by atoms with E-state index in [9.17, 15) is 14.0 Å². The number of aromatic nitrogens is 1. The van der Waals surface area contributed by atoms with Crippen LogP contribution < -0.4 is 19.8 Å². The Balaban J connectivity index is 1.79. The second-order valence-electron chi connectivity index (χ2n) is 8.87. The standard InChI is InChI=1S/C29H29FN2O5/c1-17-10-18(2)26-20(11-17)12-22(28(33)31-26)16-32(15-19-6-8-23(30)9-7-19)29(34)21-13-24(35-3)27(37-5)25(14-21)36-4/h6-14H,15-16H2,1-5H3,(H,31,33). The Kier molecular flexibility index (Phi) is 7.47. The number of hydrogen-bond acceptors (Lipinski definition) is 5. The summed E-state index contributed by atoms with van der Waals surface area (Å²) in [6.07, 6.45) is 0. The predicted octanol–water partition coefficient (Wildman–Crippen LogP) is 5.15. The maximum absolute atomic E-state index is 13.8. The number of amides is 1. The van der Waals surface area contributed by atoms with Gasteiger partial charge in [-0.3, -0.25) is 9.59 Å². The summed E-state index contributed by atoms with van der Waals surface area (Å²) >= 11 is 0. The molecule has 0 unspecified atom stereocenters. The molecule has 7 nitrogen and oxygen atoms in total. The summed E-state index contributed by atoms with van der Waals surface area (Å²) in [4.78, 5) is 31.4. The molecular weight excluding hydrogens is 475 g/mol. The van der Waals surface area contributed by atoms with E-state index in [2.05, 4.69) is 4.98 Å². The topological polar surface area (TPSA) is 80.9 Å². The predicted molar refractivity (Wildman–Crippen MR) is 140 cm³/mol. The van der Waals surface area contributed by atoms with Crippen LogP contribution in [0.3, 0.4) is 0 Å². The van der Waals surface area contributed by atoms with E-state index in [1.54, 1.807) is 24.3 Å². The van der Waals surface area contributed by atoms with E-state index < -0.39 is 0 Å². The van der Waals surface area contributed by atoms with Gasteiger partial charge in [-0.25, -0.2) is 4.39 Å². The molecule has 3 aromatic carbocycles. The molecule has 1 N–H and O–H groups in total. The first-order chi connectivity index (χ1) is 17.7. The number of nitrogens with one attached hydrogen (secondary N) is 1. The molecule has 0 fully saturated rings. The highest BCUT2D eigenvalue weighted by molar-refractivity contribution is 5.95. The van der Waals surface area contributed by atoms with E-state index in [0.717, 1.165) is 22.0 Å². The molecule has 0 aliphatic rings. The van der Waals surface area contributed by atoms with Crippen LogP contribution in [0.25, 0.3) is 10.9 Å². The minimum absolute atomic E-state index is 0.0329. The zero-order valence-electron chi connectivity index (χ0n) is 21.5. The lowest BCUT2D eigenvalue weighted by Gasteiger charge is -2.24. The lowest BCUT2D eigenvalue weighted by Crippen LogP contribution is -2.32. The van der Waals surface area contributed by atoms with Gasteiger partial charge in [0.25, 0.3) is 11.5 Å². The number of hydrogen-bond donors (Lipinski definition) is 1. The third kappa shape index (κ3) is 5.43. The number of fused-ring (bicyclic) bond motifs is 1. The maximum atomic E-state index is 13.8. The summed E-state index contributed by atoms with van der Waals surface area (Å²) in [7, 11) is 4.43. The summed E-state index contributed by atoms with van der Waals surface area (Å²) < 4.78 is 29.7. The van der Waals surface area contributed by atoms with Crippen molar-refractivity contribution in [3.05, 3.63) is 98.6 Å². The van der Waals surface area contributed by atoms with Gasteiger partial charge in [0.05, 0.1) is 33.4 Å². The molecule has 0 atom stereocenters. The minimum Gasteiger partial charge on any atom is -0.493 e. The van der Waals surface area contributed by atoms with Crippen molar-refractivity contribution < 1.29 is 23.4 Å². The number of carbonyl (C=O) groups excluding carboxylic acids is 1. The van der Waals surface area contributed by atoms with Gasteiger partial charge >= 0.3 is 0 Å². The monoisotopic (exact) mass is 504 g/mol. The molecular formula is C29H29FN2O5. The molecule has 37 heavy (non-hydrogen) atoms. The fourth-order valence-electron chi connectivity index (χ4n) is 4.45. The zero-order valence-corrected chi connectivity index (χ0v) is 21.5. The van der Waals surface area contributed by atoms with Crippen LogP contribution in [0.4, 0.5) is 4.39 Å². The largest absolute Gasteiger partial charge is 0.493 e. The molecule has 0 aliphatic heterocycles. The van der Waals surface area contributed by atoms with E-state index in [1.165, 1.54) is 38.4 Å². The third-order valence-corrected chi connectivity index (χ3v) is 6.22. The van der Waals surface area contributed by atoms with Crippen LogP contribution in [0.2, 0.25) is 0 Å². The van der Waals surface area contributed by atoms with Gasteiger partial charge in [-0.15, -0.1) is 0 Å². The first-order valence-electron chi connectivity index (χ1n) is 11.7. The SMILES string of the molecule is COc1cc(C(=O)N(Cc2ccc(F)cc2)Cc2cc3cc(C)cc(C)c3[nH]c2=O)cc(OC)c1OC. The Hall–Kier alpha value is -4.33. The van der Waals surface area contributed by atoms with Gasteiger partial charge in [0.2, 0.25) is 5.75 Å². The van der Waals surface area contributed by atoms with Crippen LogP contribution >= 0.6 is 0 Å². The van der Waals surface area contributed by atoms with E-state index >= 15 is 0 Å². The van der Waals surface area contributed by atoms with Gasteiger partial charge in [0.15, 0.2) is 11.5 Å². The van der Waals surface area contributed by atoms with Crippen LogP contribution in [0.5, 0.6) is 17.2 Å². The number of benzene rings is 3. The Bertz CT molecular complexity index is 1490. The van der Waals surface area contributed by atoms with Crippen molar-refractivity contribution in [3.63, 3.8) is 0 Å². The molecule has 1 heterocycles. The number of aromatic amines is 1. The molecule has 4 rings (SSSR count). The summed E-state index contributed by atoms with van der Waals surface area (Å²) in [5.41, 5.74) is 3.96. The Morgan fingerprint density at radius 3 is 2.14 bits per heavy atom. The lowest BCUT2D eigenvalue weighted by atomic mass is 10.0. The highest BCUT2D eigenvalue weighted by atomic mass is 19.1. The number of nitrogens with zero attached hydrogens (tertiary/aromatic N) is 1. The molecule has 8 heteroatoms. The Morgan fingerprint density at radius 2 is 1.54 bits per heavy atom. The van der Waals surface area contributed by atoms with Gasteiger partial charge in [0.1, 0.15) is 5.82 Å². The summed E-state index contributed by atoms with van der Waals surface area (Å²) in [6, 6.07) is 14.9. The van der Waals surface area contributed by atoms with Crippen molar-refractivity contribution in [2.75, 3.05) is 21.3 Å². The molecule has 0 radical (unpaired) electrons. The summed E-state index contributed by atoms with van der Waals surface area (Å²) in [6.45, 7) is 4.12. The van der Waals surface area contributed by atoms with Crippen molar-refractivity contribution in [2.24, 2.45) is 0 Å². The number of pyridine rings is 1. The van der Waals surface area contributed by atoms with Crippen molar-refractivity contribution in [1.82, 2.24) is 9.88 Å².